The third-order valence-corrected chi connectivity index (χ3v) is 3.47. The van der Waals surface area contributed by atoms with E-state index in [0.29, 0.717) is 0 Å². The Bertz CT molecular complexity index is 393. The molecule has 0 aliphatic carbocycles. The maximum atomic E-state index is 4.47. The lowest BCUT2D eigenvalue weighted by atomic mass is 10.1. The van der Waals surface area contributed by atoms with Crippen molar-refractivity contribution in [2.24, 2.45) is 4.99 Å². The van der Waals surface area contributed by atoms with Gasteiger partial charge >= 0.3 is 0 Å². The predicted octanol–water partition coefficient (Wildman–Crippen LogP) is 3.54. The Morgan fingerprint density at radius 3 is 2.87 bits per heavy atom. The summed E-state index contributed by atoms with van der Waals surface area (Å²) in [5.41, 5.74) is 2.60. The Balaban J connectivity index is 2.11. The van der Waals surface area contributed by atoms with Crippen LogP contribution >= 0.6 is 11.8 Å². The van der Waals surface area contributed by atoms with Crippen molar-refractivity contribution in [1.29, 1.82) is 0 Å². The fourth-order valence-electron chi connectivity index (χ4n) is 1.51. The molecule has 2 heteroatoms. The lowest BCUT2D eigenvalue weighted by molar-refractivity contribution is 0.940. The van der Waals surface area contributed by atoms with Gasteiger partial charge in [0.1, 0.15) is 0 Å². The van der Waals surface area contributed by atoms with Crippen LogP contribution in [0.2, 0.25) is 0 Å². The van der Waals surface area contributed by atoms with Crippen LogP contribution in [0.3, 0.4) is 0 Å². The van der Waals surface area contributed by atoms with Crippen LogP contribution in [0.25, 0.3) is 6.08 Å². The summed E-state index contributed by atoms with van der Waals surface area (Å²) < 4.78 is 0. The van der Waals surface area contributed by atoms with E-state index in [-0.39, 0.29) is 0 Å². The molecule has 0 saturated heterocycles. The van der Waals surface area contributed by atoms with Crippen molar-refractivity contribution >= 4 is 22.9 Å². The smallest absolute Gasteiger partial charge is 0.0904 e. The van der Waals surface area contributed by atoms with Gasteiger partial charge < -0.3 is 0 Å². The number of aryl methyl sites for hydroxylation is 1. The maximum absolute atomic E-state index is 4.47. The number of aliphatic imine (C=N–C) groups is 1. The van der Waals surface area contributed by atoms with E-state index in [2.05, 4.69) is 48.3 Å². The molecule has 1 heterocycles. The highest BCUT2D eigenvalue weighted by Gasteiger charge is 2.01. The maximum Gasteiger partial charge on any atom is 0.0904 e. The summed E-state index contributed by atoms with van der Waals surface area (Å²) >= 11 is 1.85. The number of rotatable bonds is 2. The molecule has 1 nitrogen and oxygen atoms in total. The van der Waals surface area contributed by atoms with E-state index in [4.69, 9.17) is 0 Å². The molecule has 1 aliphatic heterocycles. The molecular formula is C13H15NS. The molecule has 15 heavy (non-hydrogen) atoms. The number of hydrogen-bond acceptors (Lipinski definition) is 2. The largest absolute Gasteiger partial charge is 0.278 e. The van der Waals surface area contributed by atoms with Crippen LogP contribution < -0.4 is 0 Å². The molecule has 0 N–H and O–H groups in total. The minimum Gasteiger partial charge on any atom is -0.278 e. The summed E-state index contributed by atoms with van der Waals surface area (Å²) in [6.07, 6.45) is 5.50. The van der Waals surface area contributed by atoms with Crippen molar-refractivity contribution in [2.45, 2.75) is 13.3 Å². The van der Waals surface area contributed by atoms with Crippen LogP contribution in [0.15, 0.2) is 35.3 Å². The van der Waals surface area contributed by atoms with Gasteiger partial charge in [-0.15, -0.1) is 11.8 Å². The Morgan fingerprint density at radius 2 is 2.13 bits per heavy atom. The summed E-state index contributed by atoms with van der Waals surface area (Å²) in [4.78, 5) is 4.47. The molecular weight excluding hydrogens is 202 g/mol. The summed E-state index contributed by atoms with van der Waals surface area (Å²) in [5, 5.41) is 1.17. The van der Waals surface area contributed by atoms with Crippen molar-refractivity contribution in [2.75, 3.05) is 12.3 Å². The van der Waals surface area contributed by atoms with E-state index in [1.54, 1.807) is 0 Å². The van der Waals surface area contributed by atoms with Crippen LogP contribution in [-0.4, -0.2) is 17.3 Å². The average molecular weight is 217 g/mol. The first-order chi connectivity index (χ1) is 7.36. The molecule has 1 aromatic carbocycles. The molecule has 2 rings (SSSR count). The second-order valence-corrected chi connectivity index (χ2v) is 4.73. The van der Waals surface area contributed by atoms with Gasteiger partial charge in [-0.3, -0.25) is 4.99 Å². The minimum absolute atomic E-state index is 0.987. The molecule has 0 amide bonds. The second kappa shape index (κ2) is 5.17. The molecule has 1 aliphatic rings. The second-order valence-electron chi connectivity index (χ2n) is 3.61. The lowest BCUT2D eigenvalue weighted by Gasteiger charge is -2.07. The molecule has 0 bridgehead atoms. The van der Waals surface area contributed by atoms with Gasteiger partial charge in [-0.25, -0.2) is 0 Å². The van der Waals surface area contributed by atoms with Gasteiger partial charge in [-0.05, 0) is 30.5 Å². The zero-order valence-corrected chi connectivity index (χ0v) is 9.76. The van der Waals surface area contributed by atoms with E-state index in [1.165, 1.54) is 28.3 Å². The molecule has 1 aromatic rings. The number of nitrogens with zero attached hydrogens (tertiary/aromatic N) is 1. The highest BCUT2D eigenvalue weighted by Crippen LogP contribution is 2.15. The first-order valence-corrected chi connectivity index (χ1v) is 6.26. The average Bonchev–Trinajstić information content (AvgIpc) is 2.29. The van der Waals surface area contributed by atoms with Gasteiger partial charge in [0.25, 0.3) is 0 Å². The lowest BCUT2D eigenvalue weighted by Crippen LogP contribution is -2.00. The van der Waals surface area contributed by atoms with Gasteiger partial charge in [-0.1, -0.05) is 30.3 Å². The molecule has 0 spiro atoms. The van der Waals surface area contributed by atoms with Gasteiger partial charge in [0.15, 0.2) is 0 Å². The van der Waals surface area contributed by atoms with Gasteiger partial charge in [0, 0.05) is 12.3 Å². The van der Waals surface area contributed by atoms with Crippen LogP contribution in [0, 0.1) is 6.92 Å². The summed E-state index contributed by atoms with van der Waals surface area (Å²) in [6, 6.07) is 8.41. The van der Waals surface area contributed by atoms with Crippen LogP contribution in [0.1, 0.15) is 17.5 Å². The first kappa shape index (κ1) is 10.5. The van der Waals surface area contributed by atoms with Crippen molar-refractivity contribution in [3.63, 3.8) is 0 Å². The van der Waals surface area contributed by atoms with Crippen molar-refractivity contribution in [3.05, 3.63) is 41.5 Å². The van der Waals surface area contributed by atoms with Crippen LogP contribution in [0.4, 0.5) is 0 Å². The third-order valence-electron chi connectivity index (χ3n) is 2.41. The van der Waals surface area contributed by atoms with Crippen molar-refractivity contribution in [1.82, 2.24) is 0 Å². The zero-order chi connectivity index (χ0) is 10.5. The van der Waals surface area contributed by atoms with Gasteiger partial charge in [0.05, 0.1) is 5.04 Å². The normalized spacial score (nSPS) is 16.7. The SMILES string of the molecule is Cc1ccccc1/C=C/C1=NCCCS1. The van der Waals surface area contributed by atoms with Crippen molar-refractivity contribution in [3.8, 4) is 0 Å². The van der Waals surface area contributed by atoms with E-state index in [9.17, 15) is 0 Å². The van der Waals surface area contributed by atoms with E-state index >= 15 is 0 Å². The summed E-state index contributed by atoms with van der Waals surface area (Å²) in [7, 11) is 0. The van der Waals surface area contributed by atoms with E-state index < -0.39 is 0 Å². The molecule has 0 atom stereocenters. The van der Waals surface area contributed by atoms with E-state index in [0.717, 1.165) is 6.54 Å². The Labute approximate surface area is 95.3 Å². The standard InChI is InChI=1S/C13H15NS/c1-11-5-2-3-6-12(11)7-8-13-14-9-4-10-15-13/h2-3,5-8H,4,9-10H2,1H3/b8-7+. The van der Waals surface area contributed by atoms with E-state index in [1.807, 2.05) is 11.8 Å². The minimum atomic E-state index is 0.987. The first-order valence-electron chi connectivity index (χ1n) is 5.27. The van der Waals surface area contributed by atoms with Gasteiger partial charge in [0.2, 0.25) is 0 Å². The van der Waals surface area contributed by atoms with Gasteiger partial charge in [-0.2, -0.15) is 0 Å². The monoisotopic (exact) mass is 217 g/mol. The fraction of sp³-hybridized carbons (Fsp3) is 0.308. The van der Waals surface area contributed by atoms with Crippen LogP contribution in [-0.2, 0) is 0 Å². The Kier molecular flexibility index (Phi) is 3.62. The third kappa shape index (κ3) is 2.96. The van der Waals surface area contributed by atoms with Crippen LogP contribution in [0.5, 0.6) is 0 Å². The zero-order valence-electron chi connectivity index (χ0n) is 8.94. The quantitative estimate of drug-likeness (QED) is 0.738. The summed E-state index contributed by atoms with van der Waals surface area (Å²) in [6.45, 7) is 3.12. The molecule has 0 saturated carbocycles. The number of benzene rings is 1. The highest BCUT2D eigenvalue weighted by molar-refractivity contribution is 8.14. The Morgan fingerprint density at radius 1 is 1.27 bits per heavy atom. The predicted molar refractivity (Wildman–Crippen MR) is 69.6 cm³/mol. The number of hydrogen-bond donors (Lipinski definition) is 0. The fourth-order valence-corrected chi connectivity index (χ4v) is 2.34. The van der Waals surface area contributed by atoms with Crippen molar-refractivity contribution < 1.29 is 0 Å². The molecule has 0 radical (unpaired) electrons. The number of thioether (sulfide) groups is 1. The topological polar surface area (TPSA) is 12.4 Å². The molecule has 0 unspecified atom stereocenters. The highest BCUT2D eigenvalue weighted by atomic mass is 32.2. The summed E-state index contributed by atoms with van der Waals surface area (Å²) in [5.74, 6) is 1.21. The Hall–Kier alpha value is -1.02. The molecule has 0 aromatic heterocycles. The molecule has 78 valence electrons. The molecule has 0 fully saturated rings.